The van der Waals surface area contributed by atoms with E-state index in [1.54, 1.807) is 7.11 Å². The quantitative estimate of drug-likeness (QED) is 0.482. The summed E-state index contributed by atoms with van der Waals surface area (Å²) >= 11 is 0. The van der Waals surface area contributed by atoms with Crippen molar-refractivity contribution in [2.45, 2.75) is 38.8 Å². The lowest BCUT2D eigenvalue weighted by atomic mass is 9.98. The van der Waals surface area contributed by atoms with Crippen LogP contribution in [0.2, 0.25) is 0 Å². The van der Waals surface area contributed by atoms with E-state index in [0.29, 0.717) is 30.8 Å². The lowest BCUT2D eigenvalue weighted by Gasteiger charge is -2.13. The Labute approximate surface area is 179 Å². The zero-order valence-electron chi connectivity index (χ0n) is 17.9. The van der Waals surface area contributed by atoms with Gasteiger partial charge in [-0.25, -0.2) is 4.79 Å². The van der Waals surface area contributed by atoms with Gasteiger partial charge in [-0.2, -0.15) is 0 Å². The van der Waals surface area contributed by atoms with Gasteiger partial charge in [-0.3, -0.25) is 4.79 Å². The van der Waals surface area contributed by atoms with Crippen molar-refractivity contribution >= 4 is 16.9 Å². The van der Waals surface area contributed by atoms with Crippen LogP contribution >= 0.6 is 0 Å². The van der Waals surface area contributed by atoms with Crippen LogP contribution in [-0.2, 0) is 31.2 Å². The Morgan fingerprint density at radius 1 is 1.32 bits per heavy atom. The molecule has 0 aliphatic heterocycles. The van der Waals surface area contributed by atoms with Crippen LogP contribution in [0, 0.1) is 0 Å². The first-order chi connectivity index (χ1) is 14.8. The van der Waals surface area contributed by atoms with Crippen molar-refractivity contribution in [3.05, 3.63) is 50.9 Å². The molecule has 31 heavy (non-hydrogen) atoms. The molecule has 164 valence electrons. The number of carboxylic acid groups (broad SMARTS) is 1. The van der Waals surface area contributed by atoms with Gasteiger partial charge in [0, 0.05) is 54.5 Å². The maximum Gasteiger partial charge on any atom is 0.345 e. The molecule has 0 saturated heterocycles. The first-order valence-corrected chi connectivity index (χ1v) is 10.4. The molecular formula is C23H27N3O5. The second-order valence-electron chi connectivity index (χ2n) is 8.19. The van der Waals surface area contributed by atoms with Crippen molar-refractivity contribution < 1.29 is 19.7 Å². The second-order valence-corrected chi connectivity index (χ2v) is 8.19. The number of aromatic amines is 1. The van der Waals surface area contributed by atoms with Crippen molar-refractivity contribution in [3.8, 4) is 17.0 Å². The molecule has 0 saturated carbocycles. The van der Waals surface area contributed by atoms with Crippen LogP contribution in [0.15, 0.2) is 23.0 Å². The van der Waals surface area contributed by atoms with Gasteiger partial charge >= 0.3 is 5.97 Å². The third kappa shape index (κ3) is 3.73. The zero-order chi connectivity index (χ0) is 22.3. The fourth-order valence-corrected chi connectivity index (χ4v) is 4.44. The number of benzene rings is 1. The maximum absolute atomic E-state index is 12.4. The SMILES string of the molecule is COCC(C)NCc1cc2cc3c(cc2n1C)CCCc1c-3[nH]c(=O)c(C(=O)O)c1O. The molecule has 2 heterocycles. The standard InChI is InChI=1S/C23H27N3O5/c1-12(11-31-3)24-10-15-7-14-8-17-13(9-18(14)26(15)2)5-4-6-16-20(17)25-22(28)19(21(16)27)23(29)30/h7-9,12,24H,4-6,10-11H2,1-3H3,(H,29,30)(H2,25,27,28). The summed E-state index contributed by atoms with van der Waals surface area (Å²) in [5, 5.41) is 24.3. The Hall–Kier alpha value is -3.10. The molecule has 1 aliphatic rings. The van der Waals surface area contributed by atoms with E-state index in [1.807, 2.05) is 13.1 Å². The molecule has 0 bridgehead atoms. The Kier molecular flexibility index (Phi) is 5.60. The molecule has 1 atom stereocenters. The number of H-pyrrole nitrogens is 1. The highest BCUT2D eigenvalue weighted by molar-refractivity contribution is 5.93. The van der Waals surface area contributed by atoms with Crippen LogP contribution < -0.4 is 10.9 Å². The van der Waals surface area contributed by atoms with Gasteiger partial charge in [0.1, 0.15) is 5.75 Å². The third-order valence-corrected chi connectivity index (χ3v) is 6.06. The fraction of sp³-hybridized carbons (Fsp3) is 0.391. The summed E-state index contributed by atoms with van der Waals surface area (Å²) in [7, 11) is 3.71. The number of methoxy groups -OCH3 is 1. The third-order valence-electron chi connectivity index (χ3n) is 6.06. The Bertz CT molecular complexity index is 1220. The molecule has 1 aromatic carbocycles. The summed E-state index contributed by atoms with van der Waals surface area (Å²) in [5.41, 5.74) is 3.73. The lowest BCUT2D eigenvalue weighted by Crippen LogP contribution is -2.30. The minimum Gasteiger partial charge on any atom is -0.506 e. The van der Waals surface area contributed by atoms with E-state index in [-0.39, 0.29) is 6.04 Å². The van der Waals surface area contributed by atoms with Crippen LogP contribution in [-0.4, -0.2) is 45.5 Å². The second kappa shape index (κ2) is 8.20. The van der Waals surface area contributed by atoms with E-state index < -0.39 is 22.8 Å². The number of ether oxygens (including phenoxy) is 1. The Morgan fingerprint density at radius 2 is 2.10 bits per heavy atom. The number of aromatic hydroxyl groups is 1. The molecule has 1 aliphatic carbocycles. The average Bonchev–Trinajstić information content (AvgIpc) is 2.90. The molecule has 0 amide bonds. The number of nitrogens with one attached hydrogen (secondary N) is 2. The highest BCUT2D eigenvalue weighted by Crippen LogP contribution is 2.38. The number of rotatable bonds is 6. The number of fused-ring (bicyclic) bond motifs is 4. The maximum atomic E-state index is 12.4. The summed E-state index contributed by atoms with van der Waals surface area (Å²) in [6.07, 6.45) is 2.01. The predicted molar refractivity (Wildman–Crippen MR) is 118 cm³/mol. The van der Waals surface area contributed by atoms with Gasteiger partial charge in [0.05, 0.1) is 12.3 Å². The monoisotopic (exact) mass is 425 g/mol. The van der Waals surface area contributed by atoms with Gasteiger partial charge < -0.3 is 29.8 Å². The number of carbonyl (C=O) groups is 1. The van der Waals surface area contributed by atoms with Crippen molar-refractivity contribution in [2.75, 3.05) is 13.7 Å². The van der Waals surface area contributed by atoms with E-state index in [0.717, 1.165) is 40.6 Å². The van der Waals surface area contributed by atoms with Gasteiger partial charge in [-0.15, -0.1) is 0 Å². The van der Waals surface area contributed by atoms with E-state index in [1.165, 1.54) is 0 Å². The van der Waals surface area contributed by atoms with Gasteiger partial charge in [0.15, 0.2) is 5.56 Å². The summed E-state index contributed by atoms with van der Waals surface area (Å²) in [5.74, 6) is -1.85. The van der Waals surface area contributed by atoms with Crippen LogP contribution in [0.4, 0.5) is 0 Å². The minimum atomic E-state index is -1.43. The van der Waals surface area contributed by atoms with Gasteiger partial charge in [-0.1, -0.05) is 0 Å². The van der Waals surface area contributed by atoms with E-state index in [2.05, 4.69) is 33.9 Å². The smallest absolute Gasteiger partial charge is 0.345 e. The summed E-state index contributed by atoms with van der Waals surface area (Å²) < 4.78 is 7.34. The molecule has 0 spiro atoms. The Balaban J connectivity index is 1.82. The fourth-order valence-electron chi connectivity index (χ4n) is 4.44. The zero-order valence-corrected chi connectivity index (χ0v) is 17.9. The number of hydrogen-bond donors (Lipinski definition) is 4. The molecule has 4 rings (SSSR count). The number of aryl methyl sites for hydroxylation is 2. The van der Waals surface area contributed by atoms with Gasteiger partial charge in [-0.05, 0) is 49.9 Å². The largest absolute Gasteiger partial charge is 0.506 e. The van der Waals surface area contributed by atoms with Crippen molar-refractivity contribution in [2.24, 2.45) is 7.05 Å². The van der Waals surface area contributed by atoms with E-state index in [9.17, 15) is 19.8 Å². The number of aromatic nitrogens is 2. The minimum absolute atomic E-state index is 0.225. The summed E-state index contributed by atoms with van der Waals surface area (Å²) in [6, 6.07) is 6.48. The van der Waals surface area contributed by atoms with Crippen LogP contribution in [0.25, 0.3) is 22.2 Å². The van der Waals surface area contributed by atoms with E-state index >= 15 is 0 Å². The topological polar surface area (TPSA) is 117 Å². The molecule has 3 aromatic rings. The molecule has 4 N–H and O–H groups in total. The average molecular weight is 425 g/mol. The van der Waals surface area contributed by atoms with Crippen molar-refractivity contribution in [1.82, 2.24) is 14.9 Å². The Morgan fingerprint density at radius 3 is 2.81 bits per heavy atom. The lowest BCUT2D eigenvalue weighted by molar-refractivity contribution is 0.0691. The van der Waals surface area contributed by atoms with Gasteiger partial charge in [0.2, 0.25) is 0 Å². The normalized spacial score (nSPS) is 14.2. The molecule has 0 radical (unpaired) electrons. The number of carboxylic acids is 1. The first-order valence-electron chi connectivity index (χ1n) is 10.4. The van der Waals surface area contributed by atoms with E-state index in [4.69, 9.17) is 4.74 Å². The highest BCUT2D eigenvalue weighted by Gasteiger charge is 2.26. The highest BCUT2D eigenvalue weighted by atomic mass is 16.5. The first kappa shape index (κ1) is 21.1. The number of nitrogens with zero attached hydrogens (tertiary/aromatic N) is 1. The summed E-state index contributed by atoms with van der Waals surface area (Å²) in [4.78, 5) is 26.5. The molecule has 0 fully saturated rings. The summed E-state index contributed by atoms with van der Waals surface area (Å²) in [6.45, 7) is 3.39. The van der Waals surface area contributed by atoms with Gasteiger partial charge in [0.25, 0.3) is 5.56 Å². The van der Waals surface area contributed by atoms with Crippen LogP contribution in [0.3, 0.4) is 0 Å². The number of aromatic carboxylic acids is 1. The van der Waals surface area contributed by atoms with Crippen molar-refractivity contribution in [1.29, 1.82) is 0 Å². The molecule has 8 nitrogen and oxygen atoms in total. The van der Waals surface area contributed by atoms with Crippen LogP contribution in [0.1, 0.15) is 40.5 Å². The molecule has 2 aromatic heterocycles. The number of pyridine rings is 1. The predicted octanol–water partition coefficient (Wildman–Crippen LogP) is 2.55. The van der Waals surface area contributed by atoms with Crippen molar-refractivity contribution in [3.63, 3.8) is 0 Å². The number of hydrogen-bond acceptors (Lipinski definition) is 5. The molecule has 8 heteroatoms. The molecule has 1 unspecified atom stereocenters. The molecular weight excluding hydrogens is 398 g/mol. The van der Waals surface area contributed by atoms with Crippen LogP contribution in [0.5, 0.6) is 5.75 Å².